The molecule has 3 heterocycles. The van der Waals surface area contributed by atoms with Crippen LogP contribution in [0, 0.1) is 5.92 Å². The van der Waals surface area contributed by atoms with Gasteiger partial charge in [-0.3, -0.25) is 4.79 Å². The Hall–Kier alpha value is -0.580. The smallest absolute Gasteiger partial charge is 0.187 e. The van der Waals surface area contributed by atoms with Crippen molar-refractivity contribution in [3.8, 4) is 0 Å². The molecule has 3 aliphatic rings. The van der Waals surface area contributed by atoms with Crippen molar-refractivity contribution < 1.29 is 79.2 Å². The minimum Gasteiger partial charge on any atom is -0.394 e. The van der Waals surface area contributed by atoms with Crippen LogP contribution in [0.25, 0.3) is 0 Å². The Balaban J connectivity index is 1.62. The summed E-state index contributed by atoms with van der Waals surface area (Å²) in [6, 6.07) is 0. The number of ether oxygens (including phenoxy) is 6. The third kappa shape index (κ3) is 9.27. The highest BCUT2D eigenvalue weighted by molar-refractivity contribution is 7.80. The van der Waals surface area contributed by atoms with E-state index in [4.69, 9.17) is 28.4 Å². The SMILES string of the molecule is C[C@H]1C(O)[C@H](O[C@@H]2OC(CO)[C@H](O)C(O[C@H]3OC(CO)[C@H](O)C(O)[C@@H]3O)[C@@H]2O)C(CO)O[C@H]1OCCCCC(=O)CCCS. The van der Waals surface area contributed by atoms with E-state index in [-0.39, 0.29) is 12.4 Å². The molecule has 0 saturated carbocycles. The van der Waals surface area contributed by atoms with Crippen molar-refractivity contribution in [1.82, 2.24) is 0 Å². The van der Waals surface area contributed by atoms with Crippen LogP contribution in [0.5, 0.6) is 0 Å². The standard InChI is InChI=1S/C27H48O16S/c1-12-17(32)23(16(11-30)41-25(12)38-7-3-2-5-13(31)6-4-8-44)42-27-22(37)24(19(34)15(10-29)40-27)43-26-21(36)20(35)18(33)14(9-28)39-26/h12,14-30,32-37,44H,2-11H2,1H3/t12-,14?,15?,16?,17?,18-,19-,20?,21-,22-,23+,24?,25+,26+,27-/m0/s1. The molecule has 0 aromatic heterocycles. The molecule has 44 heavy (non-hydrogen) atoms. The van der Waals surface area contributed by atoms with Gasteiger partial charge in [0, 0.05) is 25.4 Å². The van der Waals surface area contributed by atoms with Crippen LogP contribution in [-0.4, -0.2) is 170 Å². The number of hydrogen-bond acceptors (Lipinski definition) is 17. The van der Waals surface area contributed by atoms with E-state index < -0.39 is 112 Å². The maximum absolute atomic E-state index is 11.8. The van der Waals surface area contributed by atoms with Crippen LogP contribution < -0.4 is 0 Å². The average molecular weight is 661 g/mol. The molecule has 0 aliphatic carbocycles. The fourth-order valence-corrected chi connectivity index (χ4v) is 5.56. The van der Waals surface area contributed by atoms with Gasteiger partial charge in [0.05, 0.1) is 25.9 Å². The molecule has 0 spiro atoms. The first-order chi connectivity index (χ1) is 21.0. The molecule has 0 aromatic carbocycles. The van der Waals surface area contributed by atoms with Crippen molar-refractivity contribution in [2.24, 2.45) is 5.92 Å². The van der Waals surface area contributed by atoms with Crippen molar-refractivity contribution >= 4 is 18.4 Å². The maximum atomic E-state index is 11.8. The van der Waals surface area contributed by atoms with Gasteiger partial charge in [0.25, 0.3) is 0 Å². The number of hydrogen-bond donors (Lipinski definition) is 10. The zero-order valence-electron chi connectivity index (χ0n) is 24.6. The van der Waals surface area contributed by atoms with Gasteiger partial charge in [-0.15, -0.1) is 0 Å². The molecule has 3 aliphatic heterocycles. The van der Waals surface area contributed by atoms with Crippen LogP contribution in [0.3, 0.4) is 0 Å². The molecule has 17 heteroatoms. The second kappa shape index (κ2) is 18.1. The van der Waals surface area contributed by atoms with Gasteiger partial charge in [-0.2, -0.15) is 12.6 Å². The monoisotopic (exact) mass is 660 g/mol. The summed E-state index contributed by atoms with van der Waals surface area (Å²) in [5.41, 5.74) is 0. The van der Waals surface area contributed by atoms with E-state index in [0.29, 0.717) is 31.4 Å². The topological polar surface area (TPSA) is 255 Å². The quantitative estimate of drug-likeness (QED) is 0.0562. The van der Waals surface area contributed by atoms with Crippen LogP contribution in [0.15, 0.2) is 0 Å². The van der Waals surface area contributed by atoms with Crippen molar-refractivity contribution in [3.05, 3.63) is 0 Å². The molecular formula is C27H48O16S. The number of unbranched alkanes of at least 4 members (excludes halogenated alkanes) is 1. The lowest BCUT2D eigenvalue weighted by molar-refractivity contribution is -0.378. The Morgan fingerprint density at radius 1 is 0.636 bits per heavy atom. The Bertz CT molecular complexity index is 853. The van der Waals surface area contributed by atoms with Gasteiger partial charge in [0.1, 0.15) is 66.8 Å². The summed E-state index contributed by atoms with van der Waals surface area (Å²) < 4.78 is 33.9. The summed E-state index contributed by atoms with van der Waals surface area (Å²) >= 11 is 4.10. The molecule has 3 fully saturated rings. The van der Waals surface area contributed by atoms with Gasteiger partial charge in [-0.05, 0) is 25.0 Å². The van der Waals surface area contributed by atoms with Gasteiger partial charge in [-0.1, -0.05) is 6.92 Å². The lowest BCUT2D eigenvalue weighted by atomic mass is 9.91. The summed E-state index contributed by atoms with van der Waals surface area (Å²) in [5, 5.41) is 92.6. The highest BCUT2D eigenvalue weighted by Gasteiger charge is 2.53. The summed E-state index contributed by atoms with van der Waals surface area (Å²) in [4.78, 5) is 11.8. The number of carbonyl (C=O) groups excluding carboxylic acids is 1. The Morgan fingerprint density at radius 2 is 1.18 bits per heavy atom. The van der Waals surface area contributed by atoms with Crippen LogP contribution in [0.4, 0.5) is 0 Å². The van der Waals surface area contributed by atoms with E-state index in [1.165, 1.54) is 0 Å². The predicted octanol–water partition coefficient (Wildman–Crippen LogP) is -3.82. The third-order valence-corrected chi connectivity index (χ3v) is 8.47. The van der Waals surface area contributed by atoms with Gasteiger partial charge in [0.15, 0.2) is 18.9 Å². The van der Waals surface area contributed by atoms with Crippen molar-refractivity contribution in [2.75, 3.05) is 32.2 Å². The summed E-state index contributed by atoms with van der Waals surface area (Å²) in [6.07, 6.45) is -18.4. The zero-order valence-corrected chi connectivity index (χ0v) is 25.5. The van der Waals surface area contributed by atoms with E-state index >= 15 is 0 Å². The molecule has 15 atom stereocenters. The van der Waals surface area contributed by atoms with Gasteiger partial charge >= 0.3 is 0 Å². The van der Waals surface area contributed by atoms with Crippen LogP contribution in [-0.2, 0) is 33.2 Å². The van der Waals surface area contributed by atoms with Crippen molar-refractivity contribution in [3.63, 3.8) is 0 Å². The molecule has 6 unspecified atom stereocenters. The third-order valence-electron chi connectivity index (χ3n) is 8.16. The molecule has 0 radical (unpaired) electrons. The molecule has 0 amide bonds. The van der Waals surface area contributed by atoms with E-state index in [1.54, 1.807) is 6.92 Å². The second-order valence-corrected chi connectivity index (χ2v) is 11.8. The van der Waals surface area contributed by atoms with E-state index in [0.717, 1.165) is 6.42 Å². The van der Waals surface area contributed by atoms with Crippen LogP contribution in [0.2, 0.25) is 0 Å². The Kier molecular flexibility index (Phi) is 15.6. The number of thiol groups is 1. The predicted molar refractivity (Wildman–Crippen MR) is 150 cm³/mol. The molecule has 16 nitrogen and oxygen atoms in total. The van der Waals surface area contributed by atoms with Gasteiger partial charge in [0.2, 0.25) is 0 Å². The first-order valence-electron chi connectivity index (χ1n) is 14.9. The van der Waals surface area contributed by atoms with E-state index in [9.17, 15) is 50.8 Å². The minimum atomic E-state index is -1.84. The van der Waals surface area contributed by atoms with Crippen molar-refractivity contribution in [2.45, 2.75) is 125 Å². The van der Waals surface area contributed by atoms with E-state index in [1.807, 2.05) is 0 Å². The number of ketones is 1. The lowest BCUT2D eigenvalue weighted by Gasteiger charge is -2.48. The molecule has 3 saturated heterocycles. The molecule has 0 bridgehead atoms. The number of aliphatic hydroxyl groups excluding tert-OH is 9. The first kappa shape index (κ1) is 37.9. The minimum absolute atomic E-state index is 0.154. The summed E-state index contributed by atoms with van der Waals surface area (Å²) in [6.45, 7) is -0.251. The lowest BCUT2D eigenvalue weighted by Crippen LogP contribution is -2.66. The van der Waals surface area contributed by atoms with Gasteiger partial charge < -0.3 is 74.4 Å². The normalized spacial score (nSPS) is 43.2. The maximum Gasteiger partial charge on any atom is 0.187 e. The fourth-order valence-electron chi connectivity index (χ4n) is 5.40. The molecule has 258 valence electrons. The summed E-state index contributed by atoms with van der Waals surface area (Å²) in [5.74, 6) is 0.124. The van der Waals surface area contributed by atoms with Gasteiger partial charge in [-0.25, -0.2) is 0 Å². The number of rotatable bonds is 16. The average Bonchev–Trinajstić information content (AvgIpc) is 3.02. The highest BCUT2D eigenvalue weighted by atomic mass is 32.1. The highest BCUT2D eigenvalue weighted by Crippen LogP contribution is 2.34. The Labute approximate surface area is 260 Å². The number of carbonyl (C=O) groups is 1. The second-order valence-electron chi connectivity index (χ2n) is 11.4. The number of Topliss-reactive ketones (excluding diaryl/α,β-unsaturated/α-hetero) is 1. The zero-order chi connectivity index (χ0) is 32.6. The summed E-state index contributed by atoms with van der Waals surface area (Å²) in [7, 11) is 0. The first-order valence-corrected chi connectivity index (χ1v) is 15.5. The van der Waals surface area contributed by atoms with Crippen molar-refractivity contribution in [1.29, 1.82) is 0 Å². The fraction of sp³-hybridized carbons (Fsp3) is 0.963. The largest absolute Gasteiger partial charge is 0.394 e. The molecular weight excluding hydrogens is 612 g/mol. The number of aliphatic hydroxyl groups is 9. The molecule has 0 aromatic rings. The molecule has 3 rings (SSSR count). The Morgan fingerprint density at radius 3 is 1.80 bits per heavy atom. The van der Waals surface area contributed by atoms with E-state index in [2.05, 4.69) is 12.6 Å². The van der Waals surface area contributed by atoms with Crippen LogP contribution in [0.1, 0.15) is 39.0 Å². The molecule has 9 N–H and O–H groups in total. The van der Waals surface area contributed by atoms with Crippen LogP contribution >= 0.6 is 12.6 Å².